The summed E-state index contributed by atoms with van der Waals surface area (Å²) in [5.41, 5.74) is 0.671. The van der Waals surface area contributed by atoms with Crippen LogP contribution in [0.15, 0.2) is 65.6 Å². The highest BCUT2D eigenvalue weighted by molar-refractivity contribution is 5.90. The summed E-state index contributed by atoms with van der Waals surface area (Å²) in [7, 11) is 0. The molecule has 0 atom stereocenters. The van der Waals surface area contributed by atoms with Crippen molar-refractivity contribution in [3.05, 3.63) is 77.0 Å². The van der Waals surface area contributed by atoms with E-state index in [1.54, 1.807) is 30.5 Å². The SMILES string of the molecule is O=C(Cn1nc(-c2ccccn2)ccc1=O)Nc1ccccc1F. The van der Waals surface area contributed by atoms with Crippen LogP contribution in [0, 0.1) is 5.82 Å². The maximum atomic E-state index is 13.5. The first-order valence-electron chi connectivity index (χ1n) is 7.17. The third-order valence-electron chi connectivity index (χ3n) is 3.24. The van der Waals surface area contributed by atoms with Crippen molar-refractivity contribution in [1.82, 2.24) is 14.8 Å². The van der Waals surface area contributed by atoms with E-state index in [0.717, 1.165) is 4.68 Å². The maximum Gasteiger partial charge on any atom is 0.267 e. The van der Waals surface area contributed by atoms with Gasteiger partial charge in [-0.2, -0.15) is 5.10 Å². The molecular weight excluding hydrogens is 311 g/mol. The molecule has 2 aromatic heterocycles. The summed E-state index contributed by atoms with van der Waals surface area (Å²) in [5.74, 6) is -1.10. The molecule has 0 aliphatic rings. The van der Waals surface area contributed by atoms with Crippen LogP contribution in [0.1, 0.15) is 0 Å². The minimum absolute atomic E-state index is 0.0522. The van der Waals surface area contributed by atoms with E-state index in [1.807, 2.05) is 0 Å². The number of amides is 1. The minimum Gasteiger partial charge on any atom is -0.322 e. The molecule has 0 aliphatic heterocycles. The van der Waals surface area contributed by atoms with Gasteiger partial charge in [-0.3, -0.25) is 14.6 Å². The Morgan fingerprint density at radius 3 is 2.58 bits per heavy atom. The van der Waals surface area contributed by atoms with Crippen LogP contribution in [0.2, 0.25) is 0 Å². The molecule has 0 fully saturated rings. The Balaban J connectivity index is 1.81. The first-order valence-corrected chi connectivity index (χ1v) is 7.17. The fourth-order valence-corrected chi connectivity index (χ4v) is 2.10. The van der Waals surface area contributed by atoms with Crippen LogP contribution in [0.4, 0.5) is 10.1 Å². The summed E-state index contributed by atoms with van der Waals surface area (Å²) < 4.78 is 14.6. The molecule has 1 N–H and O–H groups in total. The fraction of sp³-hybridized carbons (Fsp3) is 0.0588. The van der Waals surface area contributed by atoms with E-state index in [0.29, 0.717) is 11.4 Å². The zero-order chi connectivity index (χ0) is 16.9. The topological polar surface area (TPSA) is 76.9 Å². The second-order valence-corrected chi connectivity index (χ2v) is 4.96. The maximum absolute atomic E-state index is 13.5. The fourth-order valence-electron chi connectivity index (χ4n) is 2.10. The molecule has 0 radical (unpaired) electrons. The van der Waals surface area contributed by atoms with Crippen molar-refractivity contribution in [3.8, 4) is 11.4 Å². The van der Waals surface area contributed by atoms with E-state index in [4.69, 9.17) is 0 Å². The Hall–Kier alpha value is -3.35. The van der Waals surface area contributed by atoms with Gasteiger partial charge in [0.1, 0.15) is 18.1 Å². The quantitative estimate of drug-likeness (QED) is 0.797. The molecule has 1 amide bonds. The monoisotopic (exact) mass is 324 g/mol. The van der Waals surface area contributed by atoms with E-state index in [9.17, 15) is 14.0 Å². The van der Waals surface area contributed by atoms with Crippen molar-refractivity contribution in [1.29, 1.82) is 0 Å². The molecule has 1 aromatic carbocycles. The number of anilines is 1. The number of carbonyl (C=O) groups is 1. The lowest BCUT2D eigenvalue weighted by Crippen LogP contribution is -2.29. The number of hydrogen-bond donors (Lipinski definition) is 1. The summed E-state index contributed by atoms with van der Waals surface area (Å²) >= 11 is 0. The molecule has 3 rings (SSSR count). The van der Waals surface area contributed by atoms with E-state index >= 15 is 0 Å². The van der Waals surface area contributed by atoms with Gasteiger partial charge in [0.05, 0.1) is 11.4 Å². The largest absolute Gasteiger partial charge is 0.322 e. The number of carbonyl (C=O) groups excluding carboxylic acids is 1. The van der Waals surface area contributed by atoms with Crippen LogP contribution in [0.25, 0.3) is 11.4 Å². The third kappa shape index (κ3) is 3.52. The van der Waals surface area contributed by atoms with Crippen LogP contribution >= 0.6 is 0 Å². The number of nitrogens with one attached hydrogen (secondary N) is 1. The summed E-state index contributed by atoms with van der Waals surface area (Å²) in [6.07, 6.45) is 1.61. The number of nitrogens with zero attached hydrogens (tertiary/aromatic N) is 3. The highest BCUT2D eigenvalue weighted by Crippen LogP contribution is 2.13. The first kappa shape index (κ1) is 15.5. The highest BCUT2D eigenvalue weighted by atomic mass is 19.1. The number of pyridine rings is 1. The van der Waals surface area contributed by atoms with Gasteiger partial charge in [0.2, 0.25) is 5.91 Å². The van der Waals surface area contributed by atoms with Crippen LogP contribution < -0.4 is 10.9 Å². The second kappa shape index (κ2) is 6.82. The lowest BCUT2D eigenvalue weighted by Gasteiger charge is -2.08. The van der Waals surface area contributed by atoms with E-state index in [-0.39, 0.29) is 12.2 Å². The highest BCUT2D eigenvalue weighted by Gasteiger charge is 2.10. The predicted molar refractivity (Wildman–Crippen MR) is 86.8 cm³/mol. The minimum atomic E-state index is -0.548. The number of rotatable bonds is 4. The Labute approximate surface area is 136 Å². The third-order valence-corrected chi connectivity index (χ3v) is 3.24. The van der Waals surface area contributed by atoms with Crippen LogP contribution in [0.3, 0.4) is 0 Å². The predicted octanol–water partition coefficient (Wildman–Crippen LogP) is 2.08. The number of para-hydroxylation sites is 1. The normalized spacial score (nSPS) is 10.4. The standard InChI is InChI=1S/C17H13FN4O2/c18-12-5-1-2-6-13(12)20-16(23)11-22-17(24)9-8-15(21-22)14-7-3-4-10-19-14/h1-10H,11H2,(H,20,23). The number of hydrogen-bond acceptors (Lipinski definition) is 4. The summed E-state index contributed by atoms with van der Waals surface area (Å²) in [6, 6.07) is 14.0. The van der Waals surface area contributed by atoms with Crippen molar-refractivity contribution in [2.75, 3.05) is 5.32 Å². The summed E-state index contributed by atoms with van der Waals surface area (Å²) in [6.45, 7) is -0.326. The number of aromatic nitrogens is 3. The van der Waals surface area contributed by atoms with E-state index in [2.05, 4.69) is 15.4 Å². The van der Waals surface area contributed by atoms with Gasteiger partial charge in [-0.25, -0.2) is 9.07 Å². The zero-order valence-corrected chi connectivity index (χ0v) is 12.5. The van der Waals surface area contributed by atoms with Crippen LogP contribution in [-0.4, -0.2) is 20.7 Å². The van der Waals surface area contributed by atoms with Gasteiger partial charge in [-0.05, 0) is 30.3 Å². The van der Waals surface area contributed by atoms with Crippen LogP contribution in [0.5, 0.6) is 0 Å². The lowest BCUT2D eigenvalue weighted by molar-refractivity contribution is -0.117. The zero-order valence-electron chi connectivity index (χ0n) is 12.5. The number of benzene rings is 1. The molecule has 0 saturated carbocycles. The summed E-state index contributed by atoms with van der Waals surface area (Å²) in [4.78, 5) is 28.1. The van der Waals surface area contributed by atoms with E-state index < -0.39 is 17.3 Å². The molecule has 0 bridgehead atoms. The second-order valence-electron chi connectivity index (χ2n) is 4.96. The molecule has 6 nitrogen and oxygen atoms in total. The molecule has 2 heterocycles. The Morgan fingerprint density at radius 2 is 1.83 bits per heavy atom. The molecule has 24 heavy (non-hydrogen) atoms. The first-order chi connectivity index (χ1) is 11.6. The summed E-state index contributed by atoms with van der Waals surface area (Å²) in [5, 5.41) is 6.55. The molecule has 0 unspecified atom stereocenters. The smallest absolute Gasteiger partial charge is 0.267 e. The molecule has 0 spiro atoms. The average molecular weight is 324 g/mol. The van der Waals surface area contributed by atoms with Crippen molar-refractivity contribution < 1.29 is 9.18 Å². The van der Waals surface area contributed by atoms with Gasteiger partial charge >= 0.3 is 0 Å². The van der Waals surface area contributed by atoms with Crippen molar-refractivity contribution >= 4 is 11.6 Å². The van der Waals surface area contributed by atoms with Crippen molar-refractivity contribution in [2.24, 2.45) is 0 Å². The Bertz CT molecular complexity index is 925. The number of halogens is 1. The van der Waals surface area contributed by atoms with Crippen molar-refractivity contribution in [2.45, 2.75) is 6.54 Å². The van der Waals surface area contributed by atoms with Gasteiger partial charge in [-0.15, -0.1) is 0 Å². The Kier molecular flexibility index (Phi) is 4.42. The molecule has 0 aliphatic carbocycles. The average Bonchev–Trinajstić information content (AvgIpc) is 2.60. The molecule has 7 heteroatoms. The molecule has 0 saturated heterocycles. The molecule has 120 valence electrons. The van der Waals surface area contributed by atoms with Crippen LogP contribution in [-0.2, 0) is 11.3 Å². The van der Waals surface area contributed by atoms with Gasteiger partial charge in [0.25, 0.3) is 5.56 Å². The van der Waals surface area contributed by atoms with Gasteiger partial charge in [0, 0.05) is 12.3 Å². The Morgan fingerprint density at radius 1 is 1.04 bits per heavy atom. The molecular formula is C17H13FN4O2. The van der Waals surface area contributed by atoms with Gasteiger partial charge in [-0.1, -0.05) is 18.2 Å². The lowest BCUT2D eigenvalue weighted by atomic mass is 10.2. The van der Waals surface area contributed by atoms with Gasteiger partial charge in [0.15, 0.2) is 0 Å². The van der Waals surface area contributed by atoms with Gasteiger partial charge < -0.3 is 5.32 Å². The molecule has 3 aromatic rings. The van der Waals surface area contributed by atoms with Crippen molar-refractivity contribution in [3.63, 3.8) is 0 Å². The van der Waals surface area contributed by atoms with E-state index in [1.165, 1.54) is 30.3 Å².